The molecule has 1 N–H and O–H groups in total. The number of nitrogens with one attached hydrogen (secondary N) is 1. The van der Waals surface area contributed by atoms with E-state index in [9.17, 15) is 0 Å². The van der Waals surface area contributed by atoms with E-state index >= 15 is 0 Å². The molecule has 6 rings (SSSR count). The van der Waals surface area contributed by atoms with Crippen LogP contribution >= 0.6 is 11.3 Å². The van der Waals surface area contributed by atoms with E-state index in [1.165, 1.54) is 42.4 Å². The maximum atomic E-state index is 3.70. The van der Waals surface area contributed by atoms with E-state index in [0.29, 0.717) is 0 Å². The van der Waals surface area contributed by atoms with Crippen LogP contribution in [0.2, 0.25) is 0 Å². The van der Waals surface area contributed by atoms with Crippen molar-refractivity contribution in [1.29, 1.82) is 0 Å². The summed E-state index contributed by atoms with van der Waals surface area (Å²) in [6.07, 6.45) is 0. The van der Waals surface area contributed by atoms with Gasteiger partial charge in [-0.1, -0.05) is 84.9 Å². The van der Waals surface area contributed by atoms with Crippen LogP contribution in [0.15, 0.2) is 121 Å². The molecule has 0 aliphatic heterocycles. The normalized spacial score (nSPS) is 11.1. The summed E-state index contributed by atoms with van der Waals surface area (Å²) in [4.78, 5) is 0. The average Bonchev–Trinajstić information content (AvgIpc) is 3.23. The smallest absolute Gasteiger partial charge is 0.0464 e. The molecule has 1 aromatic heterocycles. The molecule has 0 aliphatic carbocycles. The van der Waals surface area contributed by atoms with Crippen LogP contribution in [0.1, 0.15) is 0 Å². The highest BCUT2D eigenvalue weighted by Gasteiger charge is 2.10. The number of thiophene rings is 1. The third-order valence-electron chi connectivity index (χ3n) is 5.87. The number of benzene rings is 5. The lowest BCUT2D eigenvalue weighted by Gasteiger charge is -2.15. The lowest BCUT2D eigenvalue weighted by atomic mass is 9.97. The predicted octanol–water partition coefficient (Wildman–Crippen LogP) is 9.13. The first-order valence-corrected chi connectivity index (χ1v) is 11.6. The van der Waals surface area contributed by atoms with Crippen LogP contribution in [-0.2, 0) is 0 Å². The van der Waals surface area contributed by atoms with Gasteiger partial charge in [-0.25, -0.2) is 0 Å². The Labute approximate surface area is 191 Å². The van der Waals surface area contributed by atoms with Crippen molar-refractivity contribution in [3.8, 4) is 22.3 Å². The number of fused-ring (bicyclic) bond motifs is 3. The molecule has 1 heterocycles. The van der Waals surface area contributed by atoms with Crippen molar-refractivity contribution in [2.45, 2.75) is 0 Å². The fourth-order valence-electron chi connectivity index (χ4n) is 4.28. The predicted molar refractivity (Wildman–Crippen MR) is 140 cm³/mol. The van der Waals surface area contributed by atoms with Crippen LogP contribution in [0.25, 0.3) is 42.4 Å². The number of anilines is 2. The summed E-state index contributed by atoms with van der Waals surface area (Å²) < 4.78 is 2.65. The maximum Gasteiger partial charge on any atom is 0.0464 e. The van der Waals surface area contributed by atoms with Gasteiger partial charge in [0.1, 0.15) is 0 Å². The number of hydrogen-bond acceptors (Lipinski definition) is 2. The van der Waals surface area contributed by atoms with Gasteiger partial charge in [-0.3, -0.25) is 0 Å². The van der Waals surface area contributed by atoms with Gasteiger partial charge >= 0.3 is 0 Å². The first-order chi connectivity index (χ1) is 15.8. The topological polar surface area (TPSA) is 12.0 Å². The van der Waals surface area contributed by atoms with Crippen LogP contribution in [0.4, 0.5) is 11.4 Å². The van der Waals surface area contributed by atoms with E-state index in [4.69, 9.17) is 0 Å². The summed E-state index contributed by atoms with van der Waals surface area (Å²) in [5.41, 5.74) is 7.05. The van der Waals surface area contributed by atoms with Gasteiger partial charge in [0.25, 0.3) is 0 Å². The molecular formula is C30H21NS. The van der Waals surface area contributed by atoms with Crippen LogP contribution in [0.3, 0.4) is 0 Å². The Hall–Kier alpha value is -3.88. The van der Waals surface area contributed by atoms with Gasteiger partial charge < -0.3 is 5.32 Å². The Bertz CT molecular complexity index is 1530. The van der Waals surface area contributed by atoms with Crippen molar-refractivity contribution < 1.29 is 0 Å². The van der Waals surface area contributed by atoms with Crippen LogP contribution in [-0.4, -0.2) is 0 Å². The minimum atomic E-state index is 1.10. The molecule has 0 bridgehead atoms. The number of rotatable bonds is 4. The molecule has 5 aromatic carbocycles. The molecule has 0 saturated heterocycles. The lowest BCUT2D eigenvalue weighted by Crippen LogP contribution is -1.94. The highest BCUT2D eigenvalue weighted by Crippen LogP contribution is 2.38. The largest absolute Gasteiger partial charge is 0.355 e. The molecule has 0 aliphatic rings. The summed E-state index contributed by atoms with van der Waals surface area (Å²) >= 11 is 1.85. The SMILES string of the molecule is c1ccc(-c2ccc(Nc3ccc4sc5ccccc5c4c3)c(-c3ccccc3)c2)cc1. The van der Waals surface area contributed by atoms with Crippen molar-refractivity contribution in [1.82, 2.24) is 0 Å². The van der Waals surface area contributed by atoms with Crippen LogP contribution in [0, 0.1) is 0 Å². The molecule has 2 heteroatoms. The molecule has 0 amide bonds. The highest BCUT2D eigenvalue weighted by molar-refractivity contribution is 7.25. The van der Waals surface area contributed by atoms with Crippen molar-refractivity contribution in [2.24, 2.45) is 0 Å². The van der Waals surface area contributed by atoms with Crippen molar-refractivity contribution >= 4 is 42.9 Å². The Kier molecular flexibility index (Phi) is 4.71. The Morgan fingerprint density at radius 2 is 1.16 bits per heavy atom. The van der Waals surface area contributed by atoms with E-state index < -0.39 is 0 Å². The van der Waals surface area contributed by atoms with Crippen molar-refractivity contribution in [3.05, 3.63) is 121 Å². The molecule has 0 fully saturated rings. The Morgan fingerprint density at radius 1 is 0.469 bits per heavy atom. The molecule has 0 saturated carbocycles. The lowest BCUT2D eigenvalue weighted by molar-refractivity contribution is 1.53. The second-order valence-electron chi connectivity index (χ2n) is 7.93. The van der Waals surface area contributed by atoms with E-state index in [-0.39, 0.29) is 0 Å². The summed E-state index contributed by atoms with van der Waals surface area (Å²) in [6.45, 7) is 0. The molecular weight excluding hydrogens is 406 g/mol. The standard InChI is InChI=1S/C30H21NS/c1-3-9-21(10-4-1)23-15-17-28(26(19-23)22-11-5-2-6-12-22)31-24-16-18-30-27(20-24)25-13-7-8-14-29(25)32-30/h1-20,31H. The van der Waals surface area contributed by atoms with Crippen molar-refractivity contribution in [2.75, 3.05) is 5.32 Å². The summed E-state index contributed by atoms with van der Waals surface area (Å²) in [7, 11) is 0. The average molecular weight is 428 g/mol. The minimum absolute atomic E-state index is 1.10. The van der Waals surface area contributed by atoms with E-state index in [0.717, 1.165) is 11.4 Å². The molecule has 32 heavy (non-hydrogen) atoms. The zero-order valence-electron chi connectivity index (χ0n) is 17.5. The van der Waals surface area contributed by atoms with Crippen LogP contribution < -0.4 is 5.32 Å². The van der Waals surface area contributed by atoms with Gasteiger partial charge in [0, 0.05) is 37.1 Å². The molecule has 6 aromatic rings. The van der Waals surface area contributed by atoms with Gasteiger partial charge in [0.15, 0.2) is 0 Å². The second kappa shape index (κ2) is 7.99. The fraction of sp³-hybridized carbons (Fsp3) is 0. The molecule has 0 atom stereocenters. The van der Waals surface area contributed by atoms with Gasteiger partial charge in [-0.2, -0.15) is 0 Å². The van der Waals surface area contributed by atoms with Gasteiger partial charge in [0.2, 0.25) is 0 Å². The van der Waals surface area contributed by atoms with Gasteiger partial charge in [-0.05, 0) is 53.1 Å². The van der Waals surface area contributed by atoms with E-state index in [2.05, 4.69) is 127 Å². The molecule has 152 valence electrons. The summed E-state index contributed by atoms with van der Waals surface area (Å²) in [5.74, 6) is 0. The zero-order chi connectivity index (χ0) is 21.3. The molecule has 0 spiro atoms. The van der Waals surface area contributed by atoms with Crippen LogP contribution in [0.5, 0.6) is 0 Å². The second-order valence-corrected chi connectivity index (χ2v) is 9.01. The molecule has 1 nitrogen and oxygen atoms in total. The molecule has 0 radical (unpaired) electrons. The number of hydrogen-bond donors (Lipinski definition) is 1. The molecule has 0 unspecified atom stereocenters. The maximum absolute atomic E-state index is 3.70. The third-order valence-corrected chi connectivity index (χ3v) is 7.02. The monoisotopic (exact) mass is 427 g/mol. The van der Waals surface area contributed by atoms with Gasteiger partial charge in [0.05, 0.1) is 0 Å². The summed E-state index contributed by atoms with van der Waals surface area (Å²) in [5, 5.41) is 6.32. The Balaban J connectivity index is 1.45. The van der Waals surface area contributed by atoms with Gasteiger partial charge in [-0.15, -0.1) is 11.3 Å². The summed E-state index contributed by atoms with van der Waals surface area (Å²) in [6, 6.07) is 43.1. The van der Waals surface area contributed by atoms with E-state index in [1.807, 2.05) is 11.3 Å². The first kappa shape index (κ1) is 18.9. The van der Waals surface area contributed by atoms with E-state index in [1.54, 1.807) is 0 Å². The first-order valence-electron chi connectivity index (χ1n) is 10.8. The quantitative estimate of drug-likeness (QED) is 0.296. The van der Waals surface area contributed by atoms with Crippen molar-refractivity contribution in [3.63, 3.8) is 0 Å². The highest BCUT2D eigenvalue weighted by atomic mass is 32.1. The minimum Gasteiger partial charge on any atom is -0.355 e. The Morgan fingerprint density at radius 3 is 1.97 bits per heavy atom. The zero-order valence-corrected chi connectivity index (χ0v) is 18.3. The fourth-order valence-corrected chi connectivity index (χ4v) is 5.37. The third kappa shape index (κ3) is 3.45.